The fourth-order valence-corrected chi connectivity index (χ4v) is 4.08. The lowest BCUT2D eigenvalue weighted by Gasteiger charge is -2.29. The number of para-hydroxylation sites is 2. The summed E-state index contributed by atoms with van der Waals surface area (Å²) in [6.07, 6.45) is 3.27. The molecule has 0 atom stereocenters. The molecule has 2 aromatic heterocycles. The summed E-state index contributed by atoms with van der Waals surface area (Å²) in [5.41, 5.74) is 2.41. The maximum Gasteiger partial charge on any atom is 0.268 e. The lowest BCUT2D eigenvalue weighted by molar-refractivity contribution is 0.404. The van der Waals surface area contributed by atoms with Crippen LogP contribution in [0.25, 0.3) is 27.5 Å². The Bertz CT molecular complexity index is 1320. The Kier molecular flexibility index (Phi) is 3.83. The number of aromatic nitrogens is 2. The van der Waals surface area contributed by atoms with Gasteiger partial charge in [0.25, 0.3) is 5.56 Å². The number of nitrogens with zero attached hydrogens (tertiary/aromatic N) is 1. The summed E-state index contributed by atoms with van der Waals surface area (Å²) < 4.78 is 7.13. The first-order chi connectivity index (χ1) is 13.7. The van der Waals surface area contributed by atoms with Crippen molar-refractivity contribution in [1.82, 2.24) is 9.55 Å². The number of H-pyrrole nitrogens is 1. The first-order valence-corrected chi connectivity index (χ1v) is 9.53. The summed E-state index contributed by atoms with van der Waals surface area (Å²) in [5, 5.41) is 0.646. The monoisotopic (exact) mass is 372 g/mol. The van der Waals surface area contributed by atoms with Crippen LogP contribution in [0.4, 0.5) is 0 Å². The van der Waals surface area contributed by atoms with Gasteiger partial charge in [-0.3, -0.25) is 14.2 Å². The van der Waals surface area contributed by atoms with Crippen LogP contribution in [0.15, 0.2) is 64.2 Å². The van der Waals surface area contributed by atoms with Gasteiger partial charge < -0.3 is 9.72 Å². The van der Waals surface area contributed by atoms with Gasteiger partial charge in [0, 0.05) is 11.4 Å². The van der Waals surface area contributed by atoms with Crippen molar-refractivity contribution in [3.8, 4) is 11.4 Å². The largest absolute Gasteiger partial charge is 0.495 e. The second kappa shape index (κ2) is 6.37. The van der Waals surface area contributed by atoms with Gasteiger partial charge in [-0.15, -0.1) is 0 Å². The minimum atomic E-state index is -0.267. The maximum absolute atomic E-state index is 13.5. The van der Waals surface area contributed by atoms with Crippen LogP contribution in [-0.4, -0.2) is 16.7 Å². The van der Waals surface area contributed by atoms with Crippen LogP contribution < -0.4 is 15.7 Å². The van der Waals surface area contributed by atoms with Gasteiger partial charge >= 0.3 is 0 Å². The van der Waals surface area contributed by atoms with E-state index in [1.54, 1.807) is 23.8 Å². The lowest BCUT2D eigenvalue weighted by atomic mass is 9.82. The molecule has 5 rings (SSSR count). The Morgan fingerprint density at radius 1 is 1.04 bits per heavy atom. The summed E-state index contributed by atoms with van der Waals surface area (Å²) in [5.74, 6) is 0.920. The number of hydrogen-bond acceptors (Lipinski definition) is 3. The molecular weight excluding hydrogens is 352 g/mol. The minimum Gasteiger partial charge on any atom is -0.495 e. The third-order valence-electron chi connectivity index (χ3n) is 5.75. The minimum absolute atomic E-state index is 0.188. The molecule has 1 aliphatic carbocycles. The molecule has 5 heteroatoms. The van der Waals surface area contributed by atoms with E-state index in [0.717, 1.165) is 30.6 Å². The third-order valence-corrected chi connectivity index (χ3v) is 5.75. The van der Waals surface area contributed by atoms with Crippen molar-refractivity contribution in [1.29, 1.82) is 0 Å². The molecule has 1 fully saturated rings. The topological polar surface area (TPSA) is 64.1 Å². The summed E-state index contributed by atoms with van der Waals surface area (Å²) >= 11 is 0. The van der Waals surface area contributed by atoms with Crippen LogP contribution in [0.3, 0.4) is 0 Å². The molecule has 0 amide bonds. The van der Waals surface area contributed by atoms with Crippen LogP contribution >= 0.6 is 0 Å². The van der Waals surface area contributed by atoms with Gasteiger partial charge in [-0.25, -0.2) is 0 Å². The SMILES string of the molecule is COc1cccc2c(=O)c3c(=O)n(-c4ccccc4)c(C4CCC4)cc3[nH]c12. The van der Waals surface area contributed by atoms with Crippen LogP contribution in [0.2, 0.25) is 0 Å². The van der Waals surface area contributed by atoms with Gasteiger partial charge in [-0.1, -0.05) is 30.7 Å². The molecule has 0 unspecified atom stereocenters. The molecule has 2 aromatic carbocycles. The van der Waals surface area contributed by atoms with Crippen molar-refractivity contribution in [2.45, 2.75) is 25.2 Å². The highest BCUT2D eigenvalue weighted by atomic mass is 16.5. The van der Waals surface area contributed by atoms with E-state index in [4.69, 9.17) is 4.74 Å². The molecule has 2 heterocycles. The number of methoxy groups -OCH3 is 1. The molecule has 0 spiro atoms. The number of ether oxygens (including phenoxy) is 1. The molecule has 1 N–H and O–H groups in total. The Hall–Kier alpha value is -3.34. The summed E-state index contributed by atoms with van der Waals surface area (Å²) in [6, 6.07) is 16.8. The number of pyridine rings is 2. The van der Waals surface area contributed by atoms with Crippen molar-refractivity contribution in [2.24, 2.45) is 0 Å². The highest BCUT2D eigenvalue weighted by molar-refractivity contribution is 5.95. The first-order valence-electron chi connectivity index (χ1n) is 9.53. The van der Waals surface area contributed by atoms with Gasteiger partial charge in [0.15, 0.2) is 0 Å². The molecule has 4 aromatic rings. The summed E-state index contributed by atoms with van der Waals surface area (Å²) in [7, 11) is 1.57. The summed E-state index contributed by atoms with van der Waals surface area (Å²) in [4.78, 5) is 30.1. The molecule has 140 valence electrons. The van der Waals surface area contributed by atoms with Gasteiger partial charge in [-0.2, -0.15) is 0 Å². The maximum atomic E-state index is 13.5. The average Bonchev–Trinajstić information content (AvgIpc) is 2.67. The average molecular weight is 372 g/mol. The smallest absolute Gasteiger partial charge is 0.268 e. The van der Waals surface area contributed by atoms with Crippen molar-refractivity contribution in [3.05, 3.63) is 80.9 Å². The zero-order chi connectivity index (χ0) is 19.3. The second-order valence-electron chi connectivity index (χ2n) is 7.30. The van der Waals surface area contributed by atoms with Crippen LogP contribution in [0, 0.1) is 0 Å². The quantitative estimate of drug-likeness (QED) is 0.551. The third kappa shape index (κ3) is 2.39. The zero-order valence-corrected chi connectivity index (χ0v) is 15.6. The molecule has 0 bridgehead atoms. The van der Waals surface area contributed by atoms with E-state index in [9.17, 15) is 9.59 Å². The number of hydrogen-bond donors (Lipinski definition) is 1. The fraction of sp³-hybridized carbons (Fsp3) is 0.217. The first kappa shape index (κ1) is 16.8. The van der Waals surface area contributed by atoms with E-state index in [-0.39, 0.29) is 16.4 Å². The number of rotatable bonds is 3. The van der Waals surface area contributed by atoms with E-state index in [1.807, 2.05) is 42.5 Å². The van der Waals surface area contributed by atoms with Crippen LogP contribution in [0.5, 0.6) is 5.75 Å². The van der Waals surface area contributed by atoms with E-state index in [0.29, 0.717) is 28.1 Å². The molecule has 1 saturated carbocycles. The van der Waals surface area contributed by atoms with E-state index < -0.39 is 0 Å². The Labute approximate surface area is 161 Å². The predicted molar refractivity (Wildman–Crippen MR) is 111 cm³/mol. The second-order valence-corrected chi connectivity index (χ2v) is 7.30. The molecule has 5 nitrogen and oxygen atoms in total. The Morgan fingerprint density at radius 2 is 1.82 bits per heavy atom. The van der Waals surface area contributed by atoms with Crippen LogP contribution in [-0.2, 0) is 0 Å². The highest BCUT2D eigenvalue weighted by Gasteiger charge is 2.26. The van der Waals surface area contributed by atoms with E-state index >= 15 is 0 Å². The van der Waals surface area contributed by atoms with E-state index in [1.165, 1.54) is 0 Å². The van der Waals surface area contributed by atoms with Crippen molar-refractivity contribution < 1.29 is 4.74 Å². The molecular formula is C23H20N2O3. The zero-order valence-electron chi connectivity index (χ0n) is 15.6. The standard InChI is InChI=1S/C23H20N2O3/c1-28-19-12-6-11-16-21(19)24-17-13-18(14-7-5-8-14)25(15-9-3-2-4-10-15)23(27)20(17)22(16)26/h2-4,6,9-14H,5,7-8H2,1H3,(H,24,26). The summed E-state index contributed by atoms with van der Waals surface area (Å²) in [6.45, 7) is 0. The molecule has 0 radical (unpaired) electrons. The molecule has 0 saturated heterocycles. The van der Waals surface area contributed by atoms with Crippen molar-refractivity contribution in [2.75, 3.05) is 7.11 Å². The van der Waals surface area contributed by atoms with Gasteiger partial charge in [0.1, 0.15) is 11.1 Å². The number of fused-ring (bicyclic) bond motifs is 2. The number of benzene rings is 2. The van der Waals surface area contributed by atoms with Crippen molar-refractivity contribution >= 4 is 21.8 Å². The predicted octanol–water partition coefficient (Wildman–Crippen LogP) is 4.11. The Morgan fingerprint density at radius 3 is 2.50 bits per heavy atom. The highest BCUT2D eigenvalue weighted by Crippen LogP contribution is 2.37. The van der Waals surface area contributed by atoms with Crippen molar-refractivity contribution in [3.63, 3.8) is 0 Å². The molecule has 28 heavy (non-hydrogen) atoms. The number of aromatic amines is 1. The molecule has 0 aliphatic heterocycles. The van der Waals surface area contributed by atoms with Gasteiger partial charge in [0.2, 0.25) is 5.43 Å². The number of nitrogens with one attached hydrogen (secondary N) is 1. The molecule has 1 aliphatic rings. The normalized spacial score (nSPS) is 14.3. The van der Waals surface area contributed by atoms with E-state index in [2.05, 4.69) is 4.98 Å². The fourth-order valence-electron chi connectivity index (χ4n) is 4.08. The van der Waals surface area contributed by atoms with Crippen LogP contribution in [0.1, 0.15) is 30.9 Å². The Balaban J connectivity index is 1.94. The lowest BCUT2D eigenvalue weighted by Crippen LogP contribution is -2.29. The van der Waals surface area contributed by atoms with Gasteiger partial charge in [0.05, 0.1) is 23.5 Å². The van der Waals surface area contributed by atoms with Gasteiger partial charge in [-0.05, 0) is 49.1 Å².